The lowest BCUT2D eigenvalue weighted by Crippen LogP contribution is -2.31. The van der Waals surface area contributed by atoms with Crippen LogP contribution in [0.1, 0.15) is 28.6 Å². The maximum Gasteiger partial charge on any atom is 0.254 e. The van der Waals surface area contributed by atoms with Crippen molar-refractivity contribution >= 4 is 39.2 Å². The van der Waals surface area contributed by atoms with E-state index in [4.69, 9.17) is 0 Å². The highest BCUT2D eigenvalue weighted by molar-refractivity contribution is 9.10. The number of hydrogen-bond acceptors (Lipinski definition) is 4. The third-order valence-corrected chi connectivity index (χ3v) is 4.88. The van der Waals surface area contributed by atoms with E-state index in [0.29, 0.717) is 22.4 Å². The minimum absolute atomic E-state index is 0.00572. The second kappa shape index (κ2) is 7.97. The van der Waals surface area contributed by atoms with Gasteiger partial charge in [0, 0.05) is 10.7 Å². The highest BCUT2D eigenvalue weighted by Crippen LogP contribution is 2.20. The Labute approximate surface area is 157 Å². The fraction of sp³-hybridized carbons (Fsp3) is 0.235. The van der Waals surface area contributed by atoms with E-state index in [0.717, 1.165) is 5.75 Å². The highest BCUT2D eigenvalue weighted by atomic mass is 79.9. The topological polar surface area (TPSA) is 59.3 Å². The third kappa shape index (κ3) is 4.01. The maximum absolute atomic E-state index is 14.1. The molecular formula is C17H16BrFN4OS. The molecule has 25 heavy (non-hydrogen) atoms. The monoisotopic (exact) mass is 422 g/mol. The summed E-state index contributed by atoms with van der Waals surface area (Å²) < 4.78 is 16.5. The number of nitrogens with one attached hydrogen (secondary N) is 1. The van der Waals surface area contributed by atoms with E-state index < -0.39 is 11.7 Å². The summed E-state index contributed by atoms with van der Waals surface area (Å²) in [6.45, 7) is 0. The Morgan fingerprint density at radius 3 is 2.96 bits per heavy atom. The molecule has 0 aliphatic carbocycles. The van der Waals surface area contributed by atoms with Gasteiger partial charge in [0.1, 0.15) is 5.82 Å². The van der Waals surface area contributed by atoms with Gasteiger partial charge in [-0.25, -0.2) is 4.39 Å². The molecule has 130 valence electrons. The standard InChI is InChI=1S/C17H16BrFN4OS/c1-25-9-7-14(16-22-21-15-4-2-3-8-23(15)16)20-17(24)12-6-5-11(18)10-13(12)19/h2-6,8,10,14H,7,9H2,1H3,(H,20,24). The van der Waals surface area contributed by atoms with Gasteiger partial charge in [0.25, 0.3) is 5.91 Å². The lowest BCUT2D eigenvalue weighted by Gasteiger charge is -2.17. The Hall–Kier alpha value is -1.93. The number of benzene rings is 1. The Morgan fingerprint density at radius 1 is 1.36 bits per heavy atom. The third-order valence-electron chi connectivity index (χ3n) is 3.74. The lowest BCUT2D eigenvalue weighted by molar-refractivity contribution is 0.0929. The molecular weight excluding hydrogens is 407 g/mol. The molecule has 2 heterocycles. The zero-order valence-electron chi connectivity index (χ0n) is 13.4. The van der Waals surface area contributed by atoms with Gasteiger partial charge in [0.05, 0.1) is 11.6 Å². The van der Waals surface area contributed by atoms with Gasteiger partial charge in [-0.15, -0.1) is 10.2 Å². The molecule has 8 heteroatoms. The number of pyridine rings is 1. The van der Waals surface area contributed by atoms with Crippen molar-refractivity contribution in [2.24, 2.45) is 0 Å². The van der Waals surface area contributed by atoms with Crippen molar-refractivity contribution in [2.75, 3.05) is 12.0 Å². The Balaban J connectivity index is 1.89. The van der Waals surface area contributed by atoms with Crippen LogP contribution in [-0.4, -0.2) is 32.5 Å². The number of nitrogens with zero attached hydrogens (tertiary/aromatic N) is 3. The van der Waals surface area contributed by atoms with Crippen LogP contribution in [0.15, 0.2) is 47.1 Å². The number of hydrogen-bond donors (Lipinski definition) is 1. The summed E-state index contributed by atoms with van der Waals surface area (Å²) in [6.07, 6.45) is 4.51. The minimum atomic E-state index is -0.568. The molecule has 3 rings (SSSR count). The number of fused-ring (bicyclic) bond motifs is 1. The quantitative estimate of drug-likeness (QED) is 0.655. The molecule has 1 aromatic carbocycles. The second-order valence-electron chi connectivity index (χ2n) is 5.42. The van der Waals surface area contributed by atoms with Gasteiger partial charge >= 0.3 is 0 Å². The van der Waals surface area contributed by atoms with E-state index in [9.17, 15) is 9.18 Å². The number of carbonyl (C=O) groups excluding carboxylic acids is 1. The van der Waals surface area contributed by atoms with E-state index in [2.05, 4.69) is 31.4 Å². The average molecular weight is 423 g/mol. The van der Waals surface area contributed by atoms with Gasteiger partial charge in [-0.3, -0.25) is 9.20 Å². The molecule has 0 fully saturated rings. The van der Waals surface area contributed by atoms with Crippen LogP contribution < -0.4 is 5.32 Å². The molecule has 1 unspecified atom stereocenters. The maximum atomic E-state index is 14.1. The van der Waals surface area contributed by atoms with Gasteiger partial charge < -0.3 is 5.32 Å². The predicted molar refractivity (Wildman–Crippen MR) is 100 cm³/mol. The van der Waals surface area contributed by atoms with Crippen molar-refractivity contribution < 1.29 is 9.18 Å². The van der Waals surface area contributed by atoms with Gasteiger partial charge in [-0.2, -0.15) is 11.8 Å². The summed E-state index contributed by atoms with van der Waals surface area (Å²) in [6, 6.07) is 9.61. The molecule has 0 bridgehead atoms. The summed E-state index contributed by atoms with van der Waals surface area (Å²) in [5.41, 5.74) is 0.710. The van der Waals surface area contributed by atoms with Gasteiger partial charge in [-0.1, -0.05) is 22.0 Å². The molecule has 0 aliphatic rings. The number of amides is 1. The molecule has 2 aromatic heterocycles. The molecule has 0 aliphatic heterocycles. The first kappa shape index (κ1) is 17.9. The van der Waals surface area contributed by atoms with Crippen LogP contribution in [0.5, 0.6) is 0 Å². The van der Waals surface area contributed by atoms with Crippen molar-refractivity contribution in [3.63, 3.8) is 0 Å². The molecule has 0 saturated carbocycles. The largest absolute Gasteiger partial charge is 0.342 e. The van der Waals surface area contributed by atoms with Crippen LogP contribution in [0, 0.1) is 5.82 Å². The van der Waals surface area contributed by atoms with Gasteiger partial charge in [0.15, 0.2) is 11.5 Å². The lowest BCUT2D eigenvalue weighted by atomic mass is 10.1. The molecule has 0 saturated heterocycles. The first-order chi connectivity index (χ1) is 12.1. The van der Waals surface area contributed by atoms with Crippen molar-refractivity contribution in [3.05, 3.63) is 64.3 Å². The fourth-order valence-corrected chi connectivity index (χ4v) is 3.31. The zero-order valence-corrected chi connectivity index (χ0v) is 15.8. The predicted octanol–water partition coefficient (Wildman–Crippen LogP) is 3.86. The number of carbonyl (C=O) groups is 1. The Bertz CT molecular complexity index is 901. The molecule has 0 radical (unpaired) electrons. The molecule has 0 spiro atoms. The van der Waals surface area contributed by atoms with Crippen molar-refractivity contribution in [1.29, 1.82) is 0 Å². The summed E-state index contributed by atoms with van der Waals surface area (Å²) in [5, 5.41) is 11.2. The zero-order chi connectivity index (χ0) is 17.8. The van der Waals surface area contributed by atoms with Crippen LogP contribution in [0.25, 0.3) is 5.65 Å². The van der Waals surface area contributed by atoms with Crippen molar-refractivity contribution in [2.45, 2.75) is 12.5 Å². The Morgan fingerprint density at radius 2 is 2.20 bits per heavy atom. The van der Waals surface area contributed by atoms with Crippen LogP contribution >= 0.6 is 27.7 Å². The normalized spacial score (nSPS) is 12.3. The summed E-state index contributed by atoms with van der Waals surface area (Å²) in [4.78, 5) is 12.6. The summed E-state index contributed by atoms with van der Waals surface area (Å²) >= 11 is 4.86. The first-order valence-corrected chi connectivity index (χ1v) is 9.83. The SMILES string of the molecule is CSCCC(NC(=O)c1ccc(Br)cc1F)c1nnc2ccccn12. The van der Waals surface area contributed by atoms with Crippen molar-refractivity contribution in [1.82, 2.24) is 19.9 Å². The van der Waals surface area contributed by atoms with E-state index in [-0.39, 0.29) is 11.6 Å². The van der Waals surface area contributed by atoms with Crippen molar-refractivity contribution in [3.8, 4) is 0 Å². The van der Waals surface area contributed by atoms with E-state index in [1.54, 1.807) is 17.8 Å². The second-order valence-corrected chi connectivity index (χ2v) is 7.32. The van der Waals surface area contributed by atoms with Crippen LogP contribution in [0.2, 0.25) is 0 Å². The fourth-order valence-electron chi connectivity index (χ4n) is 2.51. The van der Waals surface area contributed by atoms with Gasteiger partial charge in [-0.05, 0) is 48.8 Å². The van der Waals surface area contributed by atoms with E-state index >= 15 is 0 Å². The molecule has 1 amide bonds. The Kier molecular flexibility index (Phi) is 5.70. The van der Waals surface area contributed by atoms with Crippen LogP contribution in [0.4, 0.5) is 4.39 Å². The first-order valence-electron chi connectivity index (χ1n) is 7.64. The number of thioether (sulfide) groups is 1. The summed E-state index contributed by atoms with van der Waals surface area (Å²) in [7, 11) is 0. The molecule has 3 aromatic rings. The smallest absolute Gasteiger partial charge is 0.254 e. The van der Waals surface area contributed by atoms with Gasteiger partial charge in [0.2, 0.25) is 0 Å². The number of rotatable bonds is 6. The number of aromatic nitrogens is 3. The number of halogens is 2. The van der Waals surface area contributed by atoms with E-state index in [1.807, 2.05) is 35.1 Å². The molecule has 5 nitrogen and oxygen atoms in total. The molecule has 1 N–H and O–H groups in total. The van der Waals surface area contributed by atoms with Crippen LogP contribution in [0.3, 0.4) is 0 Å². The minimum Gasteiger partial charge on any atom is -0.342 e. The summed E-state index contributed by atoms with van der Waals surface area (Å²) in [5.74, 6) is 0.427. The van der Waals surface area contributed by atoms with E-state index in [1.165, 1.54) is 12.1 Å². The molecule has 1 atom stereocenters. The van der Waals surface area contributed by atoms with Crippen LogP contribution in [-0.2, 0) is 0 Å². The average Bonchev–Trinajstić information content (AvgIpc) is 3.02. The highest BCUT2D eigenvalue weighted by Gasteiger charge is 2.22.